The smallest absolute Gasteiger partial charge is 0.155 e. The van der Waals surface area contributed by atoms with Crippen LogP contribution in [0.15, 0.2) is 0 Å². The van der Waals surface area contributed by atoms with E-state index in [0.29, 0.717) is 16.4 Å². The number of halogens is 1. The molecule has 2 N–H and O–H groups in total. The molecule has 0 amide bonds. The number of nitrogen functional groups attached to an aromatic ring is 1. The average molecular weight is 238 g/mol. The quantitative estimate of drug-likeness (QED) is 0.743. The first kappa shape index (κ1) is 9.30. The van der Waals surface area contributed by atoms with Crippen molar-refractivity contribution in [2.75, 3.05) is 11.5 Å². The van der Waals surface area contributed by atoms with Crippen molar-refractivity contribution >= 4 is 38.5 Å². The van der Waals surface area contributed by atoms with Gasteiger partial charge in [0.25, 0.3) is 0 Å². The zero-order valence-corrected chi connectivity index (χ0v) is 9.10. The predicted molar refractivity (Wildman–Crippen MR) is 54.9 cm³/mol. The molecule has 6 heteroatoms. The Morgan fingerprint density at radius 2 is 2.15 bits per heavy atom. The summed E-state index contributed by atoms with van der Waals surface area (Å²) in [5.74, 6) is 0.293. The highest BCUT2D eigenvalue weighted by Crippen LogP contribution is 2.38. The van der Waals surface area contributed by atoms with E-state index in [9.17, 15) is 8.42 Å². The minimum Gasteiger partial charge on any atom is -0.397 e. The van der Waals surface area contributed by atoms with Gasteiger partial charge in [-0.15, -0.1) is 11.3 Å². The van der Waals surface area contributed by atoms with Crippen molar-refractivity contribution in [2.45, 2.75) is 12.2 Å². The summed E-state index contributed by atoms with van der Waals surface area (Å²) >= 11 is 7.09. The molecular formula is C7H8ClNO2S2. The molecule has 2 heterocycles. The summed E-state index contributed by atoms with van der Waals surface area (Å²) in [6.45, 7) is 0. The number of hydrogen-bond acceptors (Lipinski definition) is 4. The molecule has 0 unspecified atom stereocenters. The Kier molecular flexibility index (Phi) is 2.05. The lowest BCUT2D eigenvalue weighted by Crippen LogP contribution is -2.17. The molecule has 13 heavy (non-hydrogen) atoms. The summed E-state index contributed by atoms with van der Waals surface area (Å²) in [5.41, 5.74) is 7.20. The van der Waals surface area contributed by atoms with Crippen LogP contribution in [0.3, 0.4) is 0 Å². The fraction of sp³-hybridized carbons (Fsp3) is 0.429. The minimum atomic E-state index is -2.90. The molecule has 0 saturated heterocycles. The van der Waals surface area contributed by atoms with Gasteiger partial charge < -0.3 is 5.73 Å². The Morgan fingerprint density at radius 1 is 1.46 bits per heavy atom. The molecule has 0 fully saturated rings. The van der Waals surface area contributed by atoms with E-state index >= 15 is 0 Å². The largest absolute Gasteiger partial charge is 0.397 e. The van der Waals surface area contributed by atoms with Gasteiger partial charge >= 0.3 is 0 Å². The molecule has 0 aliphatic carbocycles. The predicted octanol–water partition coefficient (Wildman–Crippen LogP) is 1.45. The van der Waals surface area contributed by atoms with Gasteiger partial charge in [0.2, 0.25) is 0 Å². The van der Waals surface area contributed by atoms with Gasteiger partial charge in [-0.25, -0.2) is 8.42 Å². The van der Waals surface area contributed by atoms with E-state index in [1.54, 1.807) is 0 Å². The van der Waals surface area contributed by atoms with Crippen LogP contribution in [0.2, 0.25) is 4.34 Å². The molecule has 1 aliphatic heterocycles. The third-order valence-corrected chi connectivity index (χ3v) is 5.31. The second-order valence-electron chi connectivity index (χ2n) is 3.03. The van der Waals surface area contributed by atoms with Crippen molar-refractivity contribution in [1.82, 2.24) is 0 Å². The number of thiophene rings is 1. The van der Waals surface area contributed by atoms with Crippen molar-refractivity contribution in [2.24, 2.45) is 0 Å². The fourth-order valence-corrected chi connectivity index (χ4v) is 4.60. The van der Waals surface area contributed by atoms with Crippen LogP contribution in [0.1, 0.15) is 10.4 Å². The zero-order chi connectivity index (χ0) is 9.64. The maximum atomic E-state index is 11.3. The van der Waals surface area contributed by atoms with Gasteiger partial charge in [0.1, 0.15) is 4.34 Å². The van der Waals surface area contributed by atoms with Crippen LogP contribution in [0, 0.1) is 0 Å². The third-order valence-electron chi connectivity index (χ3n) is 2.10. The van der Waals surface area contributed by atoms with Crippen LogP contribution >= 0.6 is 22.9 Å². The van der Waals surface area contributed by atoms with Gasteiger partial charge in [-0.2, -0.15) is 0 Å². The van der Waals surface area contributed by atoms with Crippen molar-refractivity contribution < 1.29 is 8.42 Å². The highest BCUT2D eigenvalue weighted by molar-refractivity contribution is 7.90. The average Bonchev–Trinajstić information content (AvgIpc) is 2.25. The van der Waals surface area contributed by atoms with Gasteiger partial charge in [-0.1, -0.05) is 11.6 Å². The molecule has 1 aromatic rings. The first-order chi connectivity index (χ1) is 5.99. The van der Waals surface area contributed by atoms with Crippen molar-refractivity contribution in [3.63, 3.8) is 0 Å². The van der Waals surface area contributed by atoms with Gasteiger partial charge in [0.05, 0.1) is 17.2 Å². The third kappa shape index (κ3) is 1.56. The van der Waals surface area contributed by atoms with E-state index in [-0.39, 0.29) is 11.5 Å². The SMILES string of the molecule is Nc1c(Cl)sc2c1CCS(=O)(=O)C2. The Balaban J connectivity index is 2.54. The molecule has 0 saturated carbocycles. The van der Waals surface area contributed by atoms with E-state index in [0.717, 1.165) is 10.4 Å². The highest BCUT2D eigenvalue weighted by Gasteiger charge is 2.26. The number of nitrogens with two attached hydrogens (primary N) is 1. The molecule has 1 aromatic heterocycles. The molecule has 0 bridgehead atoms. The molecular weight excluding hydrogens is 230 g/mol. The summed E-state index contributed by atoms with van der Waals surface area (Å²) in [5, 5.41) is 0. The topological polar surface area (TPSA) is 60.2 Å². The van der Waals surface area contributed by atoms with Crippen LogP contribution in [-0.4, -0.2) is 14.2 Å². The van der Waals surface area contributed by atoms with E-state index in [1.807, 2.05) is 0 Å². The van der Waals surface area contributed by atoms with Gasteiger partial charge in [0, 0.05) is 4.88 Å². The minimum absolute atomic E-state index is 0.101. The Labute approximate surface area is 85.4 Å². The lowest BCUT2D eigenvalue weighted by Gasteiger charge is -2.11. The number of rotatable bonds is 0. The monoisotopic (exact) mass is 237 g/mol. The maximum absolute atomic E-state index is 11.3. The van der Waals surface area contributed by atoms with Gasteiger partial charge in [-0.3, -0.25) is 0 Å². The number of fused-ring (bicyclic) bond motifs is 1. The van der Waals surface area contributed by atoms with Crippen molar-refractivity contribution in [1.29, 1.82) is 0 Å². The standard InChI is InChI=1S/C7H8ClNO2S2/c8-7-6(9)4-1-2-13(10,11)3-5(4)12-7/h1-3,9H2. The van der Waals surface area contributed by atoms with Gasteiger partial charge in [0.15, 0.2) is 9.84 Å². The number of anilines is 1. The second-order valence-corrected chi connectivity index (χ2v) is 6.92. The van der Waals surface area contributed by atoms with Crippen molar-refractivity contribution in [3.8, 4) is 0 Å². The molecule has 3 nitrogen and oxygen atoms in total. The summed E-state index contributed by atoms with van der Waals surface area (Å²) in [6, 6.07) is 0. The summed E-state index contributed by atoms with van der Waals surface area (Å²) < 4.78 is 23.0. The van der Waals surface area contributed by atoms with Crippen LogP contribution in [0.5, 0.6) is 0 Å². The van der Waals surface area contributed by atoms with E-state index in [2.05, 4.69) is 0 Å². The molecule has 0 radical (unpaired) electrons. The second kappa shape index (κ2) is 2.87. The summed E-state index contributed by atoms with van der Waals surface area (Å²) in [4.78, 5) is 0.814. The van der Waals surface area contributed by atoms with Crippen LogP contribution < -0.4 is 5.73 Å². The summed E-state index contributed by atoms with van der Waals surface area (Å²) in [7, 11) is -2.90. The van der Waals surface area contributed by atoms with Crippen LogP contribution in [0.25, 0.3) is 0 Å². The maximum Gasteiger partial charge on any atom is 0.155 e. The van der Waals surface area contributed by atoms with Gasteiger partial charge in [-0.05, 0) is 12.0 Å². The molecule has 1 aliphatic rings. The lowest BCUT2D eigenvalue weighted by molar-refractivity contribution is 0.592. The number of hydrogen-bond donors (Lipinski definition) is 1. The fourth-order valence-electron chi connectivity index (χ4n) is 1.41. The Morgan fingerprint density at radius 3 is 2.85 bits per heavy atom. The molecule has 0 spiro atoms. The molecule has 0 atom stereocenters. The van der Waals surface area contributed by atoms with E-state index in [4.69, 9.17) is 17.3 Å². The Bertz CT molecular complexity index is 449. The number of sulfone groups is 1. The van der Waals surface area contributed by atoms with Crippen LogP contribution in [0.4, 0.5) is 5.69 Å². The summed E-state index contributed by atoms with van der Waals surface area (Å²) in [6.07, 6.45) is 0.507. The zero-order valence-electron chi connectivity index (χ0n) is 6.71. The van der Waals surface area contributed by atoms with E-state index < -0.39 is 9.84 Å². The Hall–Kier alpha value is -0.260. The normalized spacial score (nSPS) is 19.8. The first-order valence-electron chi connectivity index (χ1n) is 3.75. The molecule has 2 rings (SSSR count). The highest BCUT2D eigenvalue weighted by atomic mass is 35.5. The molecule has 0 aromatic carbocycles. The first-order valence-corrected chi connectivity index (χ1v) is 6.77. The molecule has 72 valence electrons. The lowest BCUT2D eigenvalue weighted by atomic mass is 10.2. The van der Waals surface area contributed by atoms with Crippen LogP contribution in [-0.2, 0) is 22.0 Å². The van der Waals surface area contributed by atoms with Crippen molar-refractivity contribution in [3.05, 3.63) is 14.8 Å². The van der Waals surface area contributed by atoms with E-state index in [1.165, 1.54) is 11.3 Å².